The van der Waals surface area contributed by atoms with Crippen molar-refractivity contribution in [3.63, 3.8) is 0 Å². The molecule has 2 N–H and O–H groups in total. The van der Waals surface area contributed by atoms with Crippen molar-refractivity contribution in [1.29, 1.82) is 0 Å². The van der Waals surface area contributed by atoms with E-state index in [0.717, 1.165) is 61.5 Å². The Hall–Kier alpha value is -2.45. The number of nitrogens with one attached hydrogen (secondary N) is 2. The lowest BCUT2D eigenvalue weighted by molar-refractivity contribution is -0.120. The molecule has 0 aliphatic carbocycles. The van der Waals surface area contributed by atoms with Crippen LogP contribution in [0, 0.1) is 11.3 Å². The van der Waals surface area contributed by atoms with Gasteiger partial charge in [0.1, 0.15) is 0 Å². The van der Waals surface area contributed by atoms with E-state index in [1.165, 1.54) is 13.0 Å². The van der Waals surface area contributed by atoms with Gasteiger partial charge in [-0.2, -0.15) is 5.10 Å². The Balaban J connectivity index is 1.26. The summed E-state index contributed by atoms with van der Waals surface area (Å²) in [6.07, 6.45) is 5.66. The van der Waals surface area contributed by atoms with Gasteiger partial charge < -0.3 is 10.2 Å². The van der Waals surface area contributed by atoms with E-state index in [1.54, 1.807) is 4.90 Å². The minimum atomic E-state index is -0.352. The number of fused-ring (bicyclic) bond motifs is 1. The Morgan fingerprint density at radius 2 is 1.97 bits per heavy atom. The molecule has 3 aliphatic rings. The monoisotopic (exact) mass is 438 g/mol. The first kappa shape index (κ1) is 21.4. The SMILES string of the molecule is CC1(C)CNCC(CN2CCC(n3ncc4c(N5CCC(=O)NC5=O)cccc43)CC2)C1. The van der Waals surface area contributed by atoms with Gasteiger partial charge in [0.05, 0.1) is 23.4 Å². The molecule has 3 aliphatic heterocycles. The number of urea groups is 1. The molecule has 0 saturated carbocycles. The third-order valence-corrected chi connectivity index (χ3v) is 7.26. The van der Waals surface area contributed by atoms with E-state index in [0.29, 0.717) is 24.4 Å². The lowest BCUT2D eigenvalue weighted by Gasteiger charge is -2.40. The first-order valence-electron chi connectivity index (χ1n) is 11.9. The summed E-state index contributed by atoms with van der Waals surface area (Å²) in [6, 6.07) is 6.02. The molecule has 5 rings (SSSR count). The number of anilines is 1. The number of nitrogens with zero attached hydrogens (tertiary/aromatic N) is 4. The van der Waals surface area contributed by atoms with Crippen molar-refractivity contribution in [3.8, 4) is 0 Å². The van der Waals surface area contributed by atoms with Gasteiger partial charge in [-0.25, -0.2) is 4.79 Å². The summed E-state index contributed by atoms with van der Waals surface area (Å²) < 4.78 is 2.15. The molecule has 32 heavy (non-hydrogen) atoms. The number of aromatic nitrogens is 2. The Morgan fingerprint density at radius 1 is 1.16 bits per heavy atom. The molecule has 0 spiro atoms. The van der Waals surface area contributed by atoms with E-state index in [4.69, 9.17) is 5.10 Å². The average molecular weight is 439 g/mol. The van der Waals surface area contributed by atoms with Gasteiger partial charge in [0.25, 0.3) is 0 Å². The van der Waals surface area contributed by atoms with Gasteiger partial charge in [0.2, 0.25) is 5.91 Å². The van der Waals surface area contributed by atoms with Gasteiger partial charge in [-0.15, -0.1) is 0 Å². The molecule has 1 aromatic heterocycles. The molecule has 0 bridgehead atoms. The highest BCUT2D eigenvalue weighted by Gasteiger charge is 2.31. The van der Waals surface area contributed by atoms with Gasteiger partial charge in [-0.1, -0.05) is 19.9 Å². The third-order valence-electron chi connectivity index (χ3n) is 7.26. The van der Waals surface area contributed by atoms with Crippen LogP contribution in [0.4, 0.5) is 10.5 Å². The molecule has 172 valence electrons. The summed E-state index contributed by atoms with van der Waals surface area (Å²) in [5.74, 6) is 0.513. The summed E-state index contributed by atoms with van der Waals surface area (Å²) in [4.78, 5) is 28.2. The number of rotatable bonds is 4. The number of benzene rings is 1. The van der Waals surface area contributed by atoms with Crippen molar-refractivity contribution in [1.82, 2.24) is 25.3 Å². The van der Waals surface area contributed by atoms with E-state index < -0.39 is 0 Å². The van der Waals surface area contributed by atoms with E-state index in [1.807, 2.05) is 18.3 Å². The Morgan fingerprint density at radius 3 is 2.72 bits per heavy atom. The third kappa shape index (κ3) is 4.26. The van der Waals surface area contributed by atoms with E-state index >= 15 is 0 Å². The second-order valence-corrected chi connectivity index (χ2v) is 10.5. The zero-order valence-corrected chi connectivity index (χ0v) is 19.1. The van der Waals surface area contributed by atoms with E-state index in [2.05, 4.69) is 40.1 Å². The van der Waals surface area contributed by atoms with Gasteiger partial charge in [-0.05, 0) is 49.3 Å². The number of likely N-dealkylation sites (tertiary alicyclic amines) is 1. The Kier molecular flexibility index (Phi) is 5.67. The zero-order chi connectivity index (χ0) is 22.3. The molecule has 8 nitrogen and oxygen atoms in total. The van der Waals surface area contributed by atoms with Gasteiger partial charge in [0.15, 0.2) is 0 Å². The largest absolute Gasteiger partial charge is 0.328 e. The highest BCUT2D eigenvalue weighted by Crippen LogP contribution is 2.33. The molecule has 1 aromatic carbocycles. The second kappa shape index (κ2) is 8.48. The summed E-state index contributed by atoms with van der Waals surface area (Å²) in [5.41, 5.74) is 2.28. The van der Waals surface area contributed by atoms with Crippen LogP contribution in [-0.4, -0.2) is 65.9 Å². The standard InChI is InChI=1S/C24H34N6O2/c1-24(2)12-17(13-25-16-24)15-28-9-6-18(7-10-28)30-21-5-3-4-20(19(21)14-26-30)29-11-8-22(31)27-23(29)32/h3-5,14,17-18,25H,6-13,15-16H2,1-2H3,(H,27,31,32). The van der Waals surface area contributed by atoms with Crippen molar-refractivity contribution >= 4 is 28.5 Å². The minimum Gasteiger partial charge on any atom is -0.316 e. The quantitative estimate of drug-likeness (QED) is 0.767. The molecule has 2 aromatic rings. The molecule has 8 heteroatoms. The van der Waals surface area contributed by atoms with Crippen LogP contribution in [0.1, 0.15) is 45.6 Å². The first-order valence-corrected chi connectivity index (χ1v) is 11.9. The smallest absolute Gasteiger partial charge is 0.316 e. The van der Waals surface area contributed by atoms with Crippen LogP contribution in [-0.2, 0) is 4.79 Å². The Labute approximate surface area is 189 Å². The maximum Gasteiger partial charge on any atom is 0.328 e. The predicted molar refractivity (Wildman–Crippen MR) is 125 cm³/mol. The minimum absolute atomic E-state index is 0.214. The predicted octanol–water partition coefficient (Wildman–Crippen LogP) is 2.76. The fourth-order valence-electron chi connectivity index (χ4n) is 5.76. The van der Waals surface area contributed by atoms with Crippen molar-refractivity contribution < 1.29 is 9.59 Å². The molecular weight excluding hydrogens is 404 g/mol. The van der Waals surface area contributed by atoms with Crippen molar-refractivity contribution in [2.75, 3.05) is 44.2 Å². The number of amides is 3. The summed E-state index contributed by atoms with van der Waals surface area (Å²) in [7, 11) is 0. The fraction of sp³-hybridized carbons (Fsp3) is 0.625. The molecular formula is C24H34N6O2. The van der Waals surface area contributed by atoms with Crippen LogP contribution in [0.2, 0.25) is 0 Å². The average Bonchev–Trinajstić information content (AvgIpc) is 3.18. The molecule has 1 atom stereocenters. The number of carbonyl (C=O) groups is 2. The number of imide groups is 1. The van der Waals surface area contributed by atoms with Crippen molar-refractivity contribution in [3.05, 3.63) is 24.4 Å². The van der Waals surface area contributed by atoms with Crippen LogP contribution in [0.5, 0.6) is 0 Å². The molecule has 3 saturated heterocycles. The van der Waals surface area contributed by atoms with Crippen LogP contribution >= 0.6 is 0 Å². The maximum atomic E-state index is 12.4. The van der Waals surface area contributed by atoms with E-state index in [9.17, 15) is 9.59 Å². The topological polar surface area (TPSA) is 82.5 Å². The number of hydrogen-bond donors (Lipinski definition) is 2. The highest BCUT2D eigenvalue weighted by molar-refractivity contribution is 6.09. The highest BCUT2D eigenvalue weighted by atomic mass is 16.2. The number of carbonyl (C=O) groups excluding carboxylic acids is 2. The van der Waals surface area contributed by atoms with Gasteiger partial charge in [-0.3, -0.25) is 19.7 Å². The van der Waals surface area contributed by atoms with Crippen molar-refractivity contribution in [2.45, 2.75) is 45.6 Å². The van der Waals surface area contributed by atoms with Crippen LogP contribution in [0.3, 0.4) is 0 Å². The lowest BCUT2D eigenvalue weighted by Crippen LogP contribution is -2.49. The van der Waals surface area contributed by atoms with Gasteiger partial charge >= 0.3 is 6.03 Å². The summed E-state index contributed by atoms with van der Waals surface area (Å²) in [5, 5.41) is 11.7. The second-order valence-electron chi connectivity index (χ2n) is 10.5. The molecule has 3 amide bonds. The normalized spacial score (nSPS) is 25.3. The number of piperidine rings is 2. The van der Waals surface area contributed by atoms with Gasteiger partial charge in [0, 0.05) is 44.5 Å². The van der Waals surface area contributed by atoms with Crippen LogP contribution < -0.4 is 15.5 Å². The summed E-state index contributed by atoms with van der Waals surface area (Å²) >= 11 is 0. The fourth-order valence-corrected chi connectivity index (χ4v) is 5.76. The molecule has 1 unspecified atom stereocenters. The molecule has 0 radical (unpaired) electrons. The maximum absolute atomic E-state index is 12.4. The zero-order valence-electron chi connectivity index (χ0n) is 19.1. The first-order chi connectivity index (χ1) is 15.4. The molecule has 3 fully saturated rings. The van der Waals surface area contributed by atoms with Crippen LogP contribution in [0.15, 0.2) is 24.4 Å². The van der Waals surface area contributed by atoms with E-state index in [-0.39, 0.29) is 11.9 Å². The van der Waals surface area contributed by atoms with Crippen LogP contribution in [0.25, 0.3) is 10.9 Å². The van der Waals surface area contributed by atoms with Crippen molar-refractivity contribution in [2.24, 2.45) is 11.3 Å². The number of hydrogen-bond acceptors (Lipinski definition) is 5. The lowest BCUT2D eigenvalue weighted by atomic mass is 9.79. The Bertz CT molecular complexity index is 1010. The summed E-state index contributed by atoms with van der Waals surface area (Å²) in [6.45, 7) is 10.7. The molecule has 4 heterocycles.